The zero-order chi connectivity index (χ0) is 17.5. The van der Waals surface area contributed by atoms with E-state index in [2.05, 4.69) is 10.5 Å². The number of hydrogen-bond acceptors (Lipinski definition) is 6. The molecule has 7 nitrogen and oxygen atoms in total. The van der Waals surface area contributed by atoms with E-state index >= 15 is 0 Å². The Hall–Kier alpha value is -3.22. The van der Waals surface area contributed by atoms with E-state index in [0.717, 1.165) is 11.3 Å². The summed E-state index contributed by atoms with van der Waals surface area (Å²) < 4.78 is 10.1. The number of nitrogens with two attached hydrogens (primary N) is 2. The molecule has 0 bridgehead atoms. The number of ether oxygens (including phenoxy) is 1. The summed E-state index contributed by atoms with van der Waals surface area (Å²) in [5, 5.41) is 6.27. The normalized spacial score (nSPS) is 12.1. The first-order chi connectivity index (χ1) is 11.5. The Morgan fingerprint density at radius 1 is 1.33 bits per heavy atom. The van der Waals surface area contributed by atoms with Crippen molar-refractivity contribution in [1.82, 2.24) is 10.5 Å². The van der Waals surface area contributed by atoms with Crippen molar-refractivity contribution in [2.24, 2.45) is 11.5 Å². The van der Waals surface area contributed by atoms with Crippen LogP contribution >= 0.6 is 0 Å². The van der Waals surface area contributed by atoms with Gasteiger partial charge in [-0.15, -0.1) is 0 Å². The fourth-order valence-electron chi connectivity index (χ4n) is 1.98. The number of carbonyl (C=O) groups excluding carboxylic acids is 1. The summed E-state index contributed by atoms with van der Waals surface area (Å²) in [6.45, 7) is 1.78. The van der Waals surface area contributed by atoms with Crippen LogP contribution in [0.2, 0.25) is 0 Å². The van der Waals surface area contributed by atoms with Crippen molar-refractivity contribution in [2.75, 3.05) is 7.11 Å². The Kier molecular flexibility index (Phi) is 5.62. The summed E-state index contributed by atoms with van der Waals surface area (Å²) in [5.74, 6) is 1.07. The second-order valence-corrected chi connectivity index (χ2v) is 5.14. The number of aryl methyl sites for hydroxylation is 1. The lowest BCUT2D eigenvalue weighted by atomic mass is 10.1. The van der Waals surface area contributed by atoms with Crippen molar-refractivity contribution in [3.8, 4) is 5.75 Å². The molecule has 1 aromatic carbocycles. The van der Waals surface area contributed by atoms with Crippen LogP contribution in [-0.4, -0.2) is 18.2 Å². The number of hydrogen-bond donors (Lipinski definition) is 3. The molecular formula is C17H20N4O3. The van der Waals surface area contributed by atoms with E-state index in [-0.39, 0.29) is 18.1 Å². The molecule has 0 fully saturated rings. The predicted octanol–water partition coefficient (Wildman–Crippen LogP) is 1.45. The molecule has 0 aliphatic carbocycles. The summed E-state index contributed by atoms with van der Waals surface area (Å²) in [4.78, 5) is 11.8. The van der Waals surface area contributed by atoms with E-state index in [0.29, 0.717) is 17.2 Å². The van der Waals surface area contributed by atoms with Crippen LogP contribution in [0.15, 0.2) is 52.8 Å². The third kappa shape index (κ3) is 4.91. The molecule has 5 N–H and O–H groups in total. The number of nitrogens with one attached hydrogen (secondary N) is 1. The minimum atomic E-state index is -0.298. The number of methoxy groups -OCH3 is 1. The van der Waals surface area contributed by atoms with E-state index in [4.69, 9.17) is 20.7 Å². The van der Waals surface area contributed by atoms with E-state index < -0.39 is 0 Å². The van der Waals surface area contributed by atoms with Gasteiger partial charge in [0.05, 0.1) is 19.2 Å². The van der Waals surface area contributed by atoms with Crippen LogP contribution in [-0.2, 0) is 11.2 Å². The first-order valence-electron chi connectivity index (χ1n) is 7.27. The molecule has 0 saturated heterocycles. The molecule has 0 atom stereocenters. The zero-order valence-corrected chi connectivity index (χ0v) is 13.6. The Balaban J connectivity index is 1.97. The highest BCUT2D eigenvalue weighted by molar-refractivity contribution is 5.79. The fourth-order valence-corrected chi connectivity index (χ4v) is 1.98. The third-order valence-electron chi connectivity index (χ3n) is 3.14. The van der Waals surface area contributed by atoms with Gasteiger partial charge >= 0.3 is 0 Å². The number of allylic oxidation sites excluding steroid dienone is 2. The van der Waals surface area contributed by atoms with Gasteiger partial charge in [0.25, 0.3) is 0 Å². The Labute approximate surface area is 139 Å². The maximum Gasteiger partial charge on any atom is 0.233 e. The predicted molar refractivity (Wildman–Crippen MR) is 90.5 cm³/mol. The molecule has 0 saturated carbocycles. The summed E-state index contributed by atoms with van der Waals surface area (Å²) in [6, 6.07) is 9.01. The number of nitrogens with zero attached hydrogens (tertiary/aromatic N) is 1. The molecule has 7 heteroatoms. The molecule has 2 aromatic rings. The Morgan fingerprint density at radius 3 is 2.79 bits per heavy atom. The van der Waals surface area contributed by atoms with Gasteiger partial charge in [-0.05, 0) is 31.2 Å². The van der Waals surface area contributed by atoms with E-state index in [1.807, 2.05) is 18.2 Å². The van der Waals surface area contributed by atoms with Gasteiger partial charge in [0.15, 0.2) is 0 Å². The summed E-state index contributed by atoms with van der Waals surface area (Å²) in [5.41, 5.74) is 13.8. The van der Waals surface area contributed by atoms with Crippen molar-refractivity contribution in [1.29, 1.82) is 0 Å². The topological polar surface area (TPSA) is 116 Å². The second-order valence-electron chi connectivity index (χ2n) is 5.14. The van der Waals surface area contributed by atoms with Crippen LogP contribution in [0.1, 0.15) is 17.0 Å². The SMILES string of the molecule is COc1cccc(/C(N)=C/C=C(\N)NC(=O)Cc2cc(C)no2)c1. The molecule has 0 aliphatic heterocycles. The van der Waals surface area contributed by atoms with Crippen molar-refractivity contribution in [2.45, 2.75) is 13.3 Å². The lowest BCUT2D eigenvalue weighted by molar-refractivity contribution is -0.120. The van der Waals surface area contributed by atoms with Gasteiger partial charge in [-0.1, -0.05) is 17.3 Å². The van der Waals surface area contributed by atoms with Gasteiger partial charge in [0.1, 0.15) is 17.3 Å². The van der Waals surface area contributed by atoms with Gasteiger partial charge < -0.3 is 26.0 Å². The highest BCUT2D eigenvalue weighted by Crippen LogP contribution is 2.16. The summed E-state index contributed by atoms with van der Waals surface area (Å²) in [7, 11) is 1.59. The number of carbonyl (C=O) groups is 1. The molecule has 24 heavy (non-hydrogen) atoms. The van der Waals surface area contributed by atoms with Gasteiger partial charge in [-0.2, -0.15) is 0 Å². The maximum atomic E-state index is 11.8. The smallest absolute Gasteiger partial charge is 0.233 e. The Bertz CT molecular complexity index is 778. The van der Waals surface area contributed by atoms with E-state index in [9.17, 15) is 4.79 Å². The van der Waals surface area contributed by atoms with E-state index in [1.54, 1.807) is 32.2 Å². The van der Waals surface area contributed by atoms with Crippen molar-refractivity contribution >= 4 is 11.6 Å². The third-order valence-corrected chi connectivity index (χ3v) is 3.14. The standard InChI is InChI=1S/C17H20N4O3/c1-11-8-14(24-21-11)10-17(22)20-16(19)7-6-15(18)12-4-3-5-13(9-12)23-2/h3-9H,10,18-19H2,1-2H3,(H,20,22)/b15-6-,16-7+. The molecule has 0 unspecified atom stereocenters. The van der Waals surface area contributed by atoms with Crippen LogP contribution in [0.5, 0.6) is 5.75 Å². The number of rotatable bonds is 6. The van der Waals surface area contributed by atoms with Crippen molar-refractivity contribution < 1.29 is 14.1 Å². The molecule has 0 radical (unpaired) electrons. The minimum absolute atomic E-state index is 0.0600. The Morgan fingerprint density at radius 2 is 2.12 bits per heavy atom. The number of aromatic nitrogens is 1. The van der Waals surface area contributed by atoms with Crippen LogP contribution < -0.4 is 21.5 Å². The second kappa shape index (κ2) is 7.87. The lowest BCUT2D eigenvalue weighted by Crippen LogP contribution is -2.28. The number of benzene rings is 1. The van der Waals surface area contributed by atoms with Gasteiger partial charge in [0, 0.05) is 17.3 Å². The average molecular weight is 328 g/mol. The summed E-state index contributed by atoms with van der Waals surface area (Å²) >= 11 is 0. The van der Waals surface area contributed by atoms with Gasteiger partial charge in [-0.3, -0.25) is 4.79 Å². The lowest BCUT2D eigenvalue weighted by Gasteiger charge is -2.05. The van der Waals surface area contributed by atoms with Crippen molar-refractivity contribution in [3.63, 3.8) is 0 Å². The first-order valence-corrected chi connectivity index (χ1v) is 7.27. The van der Waals surface area contributed by atoms with E-state index in [1.165, 1.54) is 6.08 Å². The molecule has 1 heterocycles. The first kappa shape index (κ1) is 17.1. The van der Waals surface area contributed by atoms with Crippen molar-refractivity contribution in [3.05, 3.63) is 65.3 Å². The molecule has 0 spiro atoms. The van der Waals surface area contributed by atoms with Crippen LogP contribution in [0.25, 0.3) is 5.70 Å². The molecule has 126 valence electrons. The fraction of sp³-hybridized carbons (Fsp3) is 0.176. The molecule has 1 aromatic heterocycles. The summed E-state index contributed by atoms with van der Waals surface area (Å²) in [6.07, 6.45) is 3.20. The number of amides is 1. The van der Waals surface area contributed by atoms with Crippen LogP contribution in [0.3, 0.4) is 0 Å². The molecule has 1 amide bonds. The van der Waals surface area contributed by atoms with Crippen LogP contribution in [0, 0.1) is 6.92 Å². The van der Waals surface area contributed by atoms with Gasteiger partial charge in [0.2, 0.25) is 5.91 Å². The molecular weight excluding hydrogens is 308 g/mol. The van der Waals surface area contributed by atoms with Gasteiger partial charge in [-0.25, -0.2) is 0 Å². The zero-order valence-electron chi connectivity index (χ0n) is 13.6. The molecule has 0 aliphatic rings. The van der Waals surface area contributed by atoms with Crippen LogP contribution in [0.4, 0.5) is 0 Å². The highest BCUT2D eigenvalue weighted by Gasteiger charge is 2.08. The highest BCUT2D eigenvalue weighted by atomic mass is 16.5. The molecule has 2 rings (SSSR count). The monoisotopic (exact) mass is 328 g/mol. The minimum Gasteiger partial charge on any atom is -0.497 e. The quantitative estimate of drug-likeness (QED) is 0.691. The largest absolute Gasteiger partial charge is 0.497 e. The maximum absolute atomic E-state index is 11.8. The average Bonchev–Trinajstić information content (AvgIpc) is 2.97.